The molecule has 1 aliphatic heterocycles. The Morgan fingerprint density at radius 1 is 1.00 bits per heavy atom. The third-order valence-corrected chi connectivity index (χ3v) is 9.99. The summed E-state index contributed by atoms with van der Waals surface area (Å²) in [5.74, 6) is 0.573. The van der Waals surface area contributed by atoms with Crippen LogP contribution in [0.3, 0.4) is 0 Å². The third kappa shape index (κ3) is 5.24. The second-order valence-corrected chi connectivity index (χ2v) is 18.5. The lowest BCUT2D eigenvalue weighted by Crippen LogP contribution is -2.30. The fourth-order valence-electron chi connectivity index (χ4n) is 5.69. The zero-order valence-electron chi connectivity index (χ0n) is 25.3. The van der Waals surface area contributed by atoms with Crippen molar-refractivity contribution in [2.45, 2.75) is 52.3 Å². The number of ether oxygens (including phenoxy) is 1. The number of amides is 1. The van der Waals surface area contributed by atoms with Gasteiger partial charge >= 0.3 is 0 Å². The summed E-state index contributed by atoms with van der Waals surface area (Å²) in [6, 6.07) is 15.5. The van der Waals surface area contributed by atoms with Crippen LogP contribution in [0.4, 0.5) is 5.69 Å². The predicted octanol–water partition coefficient (Wildman–Crippen LogP) is 6.23. The van der Waals surface area contributed by atoms with Crippen LogP contribution in [0, 0.1) is 13.8 Å². The van der Waals surface area contributed by atoms with Crippen molar-refractivity contribution in [2.75, 3.05) is 11.5 Å². The minimum Gasteiger partial charge on any atom is -0.361 e. The maximum absolute atomic E-state index is 14.5. The Morgan fingerprint density at radius 3 is 2.47 bits per heavy atom. The number of halogens is 1. The molecule has 6 rings (SSSR count). The molecular formula is C32H35ClN6O3Si. The van der Waals surface area contributed by atoms with Gasteiger partial charge in [-0.3, -0.25) is 18.9 Å². The summed E-state index contributed by atoms with van der Waals surface area (Å²) < 4.78 is 11.8. The van der Waals surface area contributed by atoms with E-state index in [1.165, 1.54) is 0 Å². The molecule has 43 heavy (non-hydrogen) atoms. The summed E-state index contributed by atoms with van der Waals surface area (Å²) in [5.41, 5.74) is 5.61. The van der Waals surface area contributed by atoms with Gasteiger partial charge in [-0.2, -0.15) is 0 Å². The van der Waals surface area contributed by atoms with Crippen LogP contribution in [0.2, 0.25) is 30.7 Å². The van der Waals surface area contributed by atoms with E-state index in [9.17, 15) is 9.59 Å². The van der Waals surface area contributed by atoms with Gasteiger partial charge in [-0.25, -0.2) is 0 Å². The molecule has 1 aliphatic rings. The second kappa shape index (κ2) is 10.9. The average molecular weight is 615 g/mol. The highest BCUT2D eigenvalue weighted by atomic mass is 35.5. The smallest absolute Gasteiger partial charge is 0.261 e. The lowest BCUT2D eigenvalue weighted by Gasteiger charge is -2.28. The van der Waals surface area contributed by atoms with Crippen LogP contribution < -0.4 is 10.5 Å². The lowest BCUT2D eigenvalue weighted by atomic mass is 10.0. The number of aryl methyl sites for hydroxylation is 3. The normalized spacial score (nSPS) is 15.1. The second-order valence-electron chi connectivity index (χ2n) is 12.4. The first-order valence-electron chi connectivity index (χ1n) is 14.3. The van der Waals surface area contributed by atoms with Gasteiger partial charge in [0.15, 0.2) is 5.65 Å². The maximum Gasteiger partial charge on any atom is 0.261 e. The van der Waals surface area contributed by atoms with Gasteiger partial charge < -0.3 is 13.9 Å². The Labute approximate surface area is 256 Å². The molecular weight excluding hydrogens is 580 g/mol. The van der Waals surface area contributed by atoms with Gasteiger partial charge in [0.1, 0.15) is 18.6 Å². The number of pyridine rings is 2. The van der Waals surface area contributed by atoms with Gasteiger partial charge in [0, 0.05) is 39.1 Å². The van der Waals surface area contributed by atoms with Crippen molar-refractivity contribution in [1.29, 1.82) is 0 Å². The van der Waals surface area contributed by atoms with Crippen molar-refractivity contribution in [3.63, 3.8) is 0 Å². The molecule has 9 nitrogen and oxygen atoms in total. The van der Waals surface area contributed by atoms with E-state index in [0.717, 1.165) is 40.0 Å². The molecule has 0 fully saturated rings. The van der Waals surface area contributed by atoms with E-state index in [4.69, 9.17) is 16.3 Å². The number of benzene rings is 1. The number of aromatic nitrogens is 5. The van der Waals surface area contributed by atoms with Crippen LogP contribution in [0.15, 0.2) is 65.7 Å². The van der Waals surface area contributed by atoms with Crippen LogP contribution in [0.5, 0.6) is 0 Å². The number of hydrogen-bond donors (Lipinski definition) is 0. The Bertz CT molecular complexity index is 1920. The summed E-state index contributed by atoms with van der Waals surface area (Å²) in [6.07, 6.45) is 3.64. The van der Waals surface area contributed by atoms with Crippen LogP contribution >= 0.6 is 11.6 Å². The van der Waals surface area contributed by atoms with E-state index in [2.05, 4.69) is 29.8 Å². The number of carbonyl (C=O) groups excluding carboxylic acids is 1. The standard InChI is InChI=1S/C32H35ClN6O3Si/c1-20-16-24(18-37-21(2)34-35-30(20)37)39-28(22-9-11-23(33)12-10-22)29-26(32(39)41)17-27(25-8-7-13-36(3)31(25)40)38(29)19-42-14-15-43(4,5)6/h7-13,16-18,28H,14-15,19H2,1-6H3. The molecule has 1 unspecified atom stereocenters. The number of fused-ring (bicyclic) bond motifs is 2. The summed E-state index contributed by atoms with van der Waals surface area (Å²) in [4.78, 5) is 29.6. The molecule has 5 heterocycles. The van der Waals surface area contributed by atoms with Crippen LogP contribution in [-0.4, -0.2) is 44.3 Å². The molecule has 0 bridgehead atoms. The summed E-state index contributed by atoms with van der Waals surface area (Å²) >= 11 is 6.30. The van der Waals surface area contributed by atoms with Gasteiger partial charge in [0.2, 0.25) is 0 Å². The lowest BCUT2D eigenvalue weighted by molar-refractivity contribution is 0.0864. The fourth-order valence-corrected chi connectivity index (χ4v) is 6.57. The van der Waals surface area contributed by atoms with E-state index in [0.29, 0.717) is 28.5 Å². The Balaban J connectivity index is 1.56. The first kappa shape index (κ1) is 29.1. The van der Waals surface area contributed by atoms with E-state index in [-0.39, 0.29) is 18.2 Å². The molecule has 11 heteroatoms. The molecule has 1 atom stereocenters. The molecule has 0 radical (unpaired) electrons. The highest BCUT2D eigenvalue weighted by molar-refractivity contribution is 6.76. The molecule has 4 aromatic heterocycles. The van der Waals surface area contributed by atoms with Gasteiger partial charge in [-0.1, -0.05) is 43.4 Å². The molecule has 1 amide bonds. The zero-order chi connectivity index (χ0) is 30.6. The fraction of sp³-hybridized carbons (Fsp3) is 0.312. The Kier molecular flexibility index (Phi) is 7.40. The largest absolute Gasteiger partial charge is 0.361 e. The maximum atomic E-state index is 14.5. The third-order valence-electron chi connectivity index (χ3n) is 8.03. The highest BCUT2D eigenvalue weighted by Gasteiger charge is 2.43. The highest BCUT2D eigenvalue weighted by Crippen LogP contribution is 2.45. The van der Waals surface area contributed by atoms with Gasteiger partial charge in [0.05, 0.1) is 28.2 Å². The van der Waals surface area contributed by atoms with Crippen LogP contribution in [0.1, 0.15) is 39.0 Å². The van der Waals surface area contributed by atoms with Crippen LogP contribution in [-0.2, 0) is 18.5 Å². The molecule has 222 valence electrons. The van der Waals surface area contributed by atoms with E-state index in [1.807, 2.05) is 76.4 Å². The number of rotatable bonds is 8. The number of carbonyl (C=O) groups is 1. The Hall–Kier alpha value is -3.99. The summed E-state index contributed by atoms with van der Waals surface area (Å²) in [6.45, 7) is 11.6. The first-order chi connectivity index (χ1) is 20.4. The molecule has 0 spiro atoms. The molecule has 0 aliphatic carbocycles. The van der Waals surface area contributed by atoms with Crippen molar-refractivity contribution in [3.05, 3.63) is 105 Å². The van der Waals surface area contributed by atoms with Crippen molar-refractivity contribution < 1.29 is 9.53 Å². The minimum absolute atomic E-state index is 0.140. The Morgan fingerprint density at radius 2 is 1.74 bits per heavy atom. The SMILES string of the molecule is Cc1cc(N2C(=O)c3cc(-c4cccn(C)c4=O)n(COCC[Si](C)(C)C)c3C2c2ccc(Cl)cc2)cn2c(C)nnc12. The van der Waals surface area contributed by atoms with E-state index < -0.39 is 14.1 Å². The van der Waals surface area contributed by atoms with Gasteiger partial charge in [-0.05, 0) is 67.4 Å². The number of anilines is 1. The molecule has 0 saturated carbocycles. The molecule has 0 saturated heterocycles. The molecule has 1 aromatic carbocycles. The van der Waals surface area contributed by atoms with E-state index in [1.54, 1.807) is 23.9 Å². The minimum atomic E-state index is -1.33. The van der Waals surface area contributed by atoms with E-state index >= 15 is 0 Å². The topological polar surface area (TPSA) is 86.7 Å². The van der Waals surface area contributed by atoms with Gasteiger partial charge in [-0.15, -0.1) is 10.2 Å². The van der Waals surface area contributed by atoms with Crippen LogP contribution in [0.25, 0.3) is 16.9 Å². The quantitative estimate of drug-likeness (QED) is 0.153. The molecule has 5 aromatic rings. The van der Waals surface area contributed by atoms with Crippen molar-refractivity contribution in [1.82, 2.24) is 23.7 Å². The predicted molar refractivity (Wildman–Crippen MR) is 172 cm³/mol. The summed E-state index contributed by atoms with van der Waals surface area (Å²) in [7, 11) is 0.395. The zero-order valence-corrected chi connectivity index (χ0v) is 27.0. The van der Waals surface area contributed by atoms with Crippen molar-refractivity contribution >= 4 is 36.9 Å². The number of nitrogens with zero attached hydrogens (tertiary/aromatic N) is 6. The van der Waals surface area contributed by atoms with Gasteiger partial charge in [0.25, 0.3) is 11.5 Å². The monoisotopic (exact) mass is 614 g/mol. The first-order valence-corrected chi connectivity index (χ1v) is 18.4. The molecule has 0 N–H and O–H groups in total. The van der Waals surface area contributed by atoms with Crippen molar-refractivity contribution in [3.8, 4) is 11.3 Å². The van der Waals surface area contributed by atoms with Crippen molar-refractivity contribution in [2.24, 2.45) is 7.05 Å². The number of hydrogen-bond acceptors (Lipinski definition) is 5. The summed E-state index contributed by atoms with van der Waals surface area (Å²) in [5, 5.41) is 9.15. The average Bonchev–Trinajstić information content (AvgIpc) is 3.60.